The quantitative estimate of drug-likeness (QED) is 0.780. The molecule has 1 aromatic heterocycles. The van der Waals surface area contributed by atoms with Gasteiger partial charge in [0.2, 0.25) is 0 Å². The summed E-state index contributed by atoms with van der Waals surface area (Å²) in [6.45, 7) is 4.26. The lowest BCUT2D eigenvalue weighted by Crippen LogP contribution is -2.06. The fourth-order valence-corrected chi connectivity index (χ4v) is 2.37. The van der Waals surface area contributed by atoms with Gasteiger partial charge in [-0.1, -0.05) is 6.92 Å². The van der Waals surface area contributed by atoms with Gasteiger partial charge in [-0.15, -0.1) is 11.3 Å². The topological polar surface area (TPSA) is 46.5 Å². The van der Waals surface area contributed by atoms with Gasteiger partial charge in [0.1, 0.15) is 0 Å². The lowest BCUT2D eigenvalue weighted by atomic mass is 10.1. The largest absolute Gasteiger partial charge is 0.466 e. The van der Waals surface area contributed by atoms with Crippen LogP contribution in [0.3, 0.4) is 0 Å². The minimum atomic E-state index is -0.547. The van der Waals surface area contributed by atoms with Crippen molar-refractivity contribution in [2.45, 2.75) is 39.2 Å². The number of rotatable bonds is 6. The number of aliphatic hydroxyl groups is 1. The van der Waals surface area contributed by atoms with Crippen molar-refractivity contribution < 1.29 is 14.6 Å². The maximum Gasteiger partial charge on any atom is 0.305 e. The van der Waals surface area contributed by atoms with Crippen LogP contribution in [0.1, 0.15) is 42.5 Å². The first kappa shape index (κ1) is 13.2. The van der Waals surface area contributed by atoms with Crippen LogP contribution in [0.4, 0.5) is 0 Å². The third-order valence-electron chi connectivity index (χ3n) is 2.29. The van der Waals surface area contributed by atoms with E-state index in [0.717, 1.165) is 11.3 Å². The lowest BCUT2D eigenvalue weighted by Gasteiger charge is -2.07. The zero-order chi connectivity index (χ0) is 12.0. The fourth-order valence-electron chi connectivity index (χ4n) is 1.39. The molecule has 1 heterocycles. The summed E-state index contributed by atoms with van der Waals surface area (Å²) in [4.78, 5) is 13.3. The van der Waals surface area contributed by atoms with Crippen LogP contribution in [0.25, 0.3) is 0 Å². The Kier molecular flexibility index (Phi) is 5.49. The molecule has 1 rings (SSSR count). The number of aliphatic hydroxyl groups excluding tert-OH is 1. The van der Waals surface area contributed by atoms with E-state index in [1.165, 1.54) is 4.88 Å². The second-order valence-electron chi connectivity index (χ2n) is 3.52. The third kappa shape index (κ3) is 3.94. The van der Waals surface area contributed by atoms with Crippen LogP contribution < -0.4 is 0 Å². The normalized spacial score (nSPS) is 12.4. The molecular weight excluding hydrogens is 224 g/mol. The van der Waals surface area contributed by atoms with Crippen molar-refractivity contribution in [1.29, 1.82) is 0 Å². The molecule has 0 aliphatic heterocycles. The SMILES string of the molecule is CCOC(=O)CCC(O)c1ccc(CC)s1. The number of ether oxygens (including phenoxy) is 1. The Labute approximate surface area is 100 Å². The van der Waals surface area contributed by atoms with E-state index in [1.54, 1.807) is 18.3 Å². The van der Waals surface area contributed by atoms with Crippen LogP contribution in [0.15, 0.2) is 12.1 Å². The third-order valence-corrected chi connectivity index (χ3v) is 3.62. The van der Waals surface area contributed by atoms with Gasteiger partial charge in [0.25, 0.3) is 0 Å². The van der Waals surface area contributed by atoms with E-state index < -0.39 is 6.10 Å². The van der Waals surface area contributed by atoms with Crippen LogP contribution in [0.2, 0.25) is 0 Å². The Morgan fingerprint density at radius 3 is 2.81 bits per heavy atom. The van der Waals surface area contributed by atoms with Gasteiger partial charge in [0, 0.05) is 16.2 Å². The summed E-state index contributed by atoms with van der Waals surface area (Å²) in [5, 5.41) is 9.85. The molecule has 0 saturated carbocycles. The van der Waals surface area contributed by atoms with Gasteiger partial charge in [-0.2, -0.15) is 0 Å². The number of hydrogen-bond acceptors (Lipinski definition) is 4. The highest BCUT2D eigenvalue weighted by atomic mass is 32.1. The first-order chi connectivity index (χ1) is 7.67. The van der Waals surface area contributed by atoms with Gasteiger partial charge < -0.3 is 9.84 Å². The Bertz CT molecular complexity index is 333. The van der Waals surface area contributed by atoms with Crippen LogP contribution in [0, 0.1) is 0 Å². The van der Waals surface area contributed by atoms with E-state index in [-0.39, 0.29) is 12.4 Å². The van der Waals surface area contributed by atoms with Crippen molar-refractivity contribution >= 4 is 17.3 Å². The Morgan fingerprint density at radius 1 is 1.50 bits per heavy atom. The predicted octanol–water partition coefficient (Wildman–Crippen LogP) is 2.69. The Hall–Kier alpha value is -0.870. The predicted molar refractivity (Wildman–Crippen MR) is 64.5 cm³/mol. The van der Waals surface area contributed by atoms with Crippen molar-refractivity contribution in [3.05, 3.63) is 21.9 Å². The maximum atomic E-state index is 11.1. The molecule has 0 radical (unpaired) electrons. The number of carbonyl (C=O) groups is 1. The summed E-state index contributed by atoms with van der Waals surface area (Å²) in [5.74, 6) is -0.242. The molecule has 1 N–H and O–H groups in total. The van der Waals surface area contributed by atoms with Crippen molar-refractivity contribution in [1.82, 2.24) is 0 Å². The number of esters is 1. The minimum Gasteiger partial charge on any atom is -0.466 e. The Balaban J connectivity index is 2.40. The maximum absolute atomic E-state index is 11.1. The van der Waals surface area contributed by atoms with Crippen LogP contribution in [-0.2, 0) is 16.0 Å². The van der Waals surface area contributed by atoms with Crippen molar-refractivity contribution in [3.8, 4) is 0 Å². The minimum absolute atomic E-state index is 0.242. The first-order valence-electron chi connectivity index (χ1n) is 5.59. The lowest BCUT2D eigenvalue weighted by molar-refractivity contribution is -0.143. The monoisotopic (exact) mass is 242 g/mol. The molecule has 0 aliphatic carbocycles. The van der Waals surface area contributed by atoms with E-state index in [9.17, 15) is 9.90 Å². The zero-order valence-electron chi connectivity index (χ0n) is 9.73. The van der Waals surface area contributed by atoms with E-state index in [0.29, 0.717) is 13.0 Å². The molecule has 1 aromatic rings. The highest BCUT2D eigenvalue weighted by Crippen LogP contribution is 2.26. The highest BCUT2D eigenvalue weighted by Gasteiger charge is 2.12. The standard InChI is InChI=1S/C12H18O3S/c1-3-9-5-7-11(16-9)10(13)6-8-12(14)15-4-2/h5,7,10,13H,3-4,6,8H2,1-2H3. The van der Waals surface area contributed by atoms with Crippen LogP contribution in [-0.4, -0.2) is 17.7 Å². The molecule has 90 valence electrons. The summed E-state index contributed by atoms with van der Waals surface area (Å²) >= 11 is 1.60. The number of thiophene rings is 1. The second-order valence-corrected chi connectivity index (χ2v) is 4.72. The molecule has 16 heavy (non-hydrogen) atoms. The van der Waals surface area contributed by atoms with Crippen molar-refractivity contribution in [2.75, 3.05) is 6.61 Å². The summed E-state index contributed by atoms with van der Waals surface area (Å²) in [7, 11) is 0. The van der Waals surface area contributed by atoms with Gasteiger partial charge in [0.15, 0.2) is 0 Å². The molecule has 3 nitrogen and oxygen atoms in total. The number of aryl methyl sites for hydroxylation is 1. The van der Waals surface area contributed by atoms with E-state index in [2.05, 4.69) is 6.92 Å². The van der Waals surface area contributed by atoms with Gasteiger partial charge in [-0.3, -0.25) is 4.79 Å². The van der Waals surface area contributed by atoms with Crippen LogP contribution >= 0.6 is 11.3 Å². The average molecular weight is 242 g/mol. The van der Waals surface area contributed by atoms with Crippen molar-refractivity contribution in [2.24, 2.45) is 0 Å². The van der Waals surface area contributed by atoms with Gasteiger partial charge in [-0.05, 0) is 31.9 Å². The smallest absolute Gasteiger partial charge is 0.305 e. The summed E-state index contributed by atoms with van der Waals surface area (Å²) < 4.78 is 4.81. The van der Waals surface area contributed by atoms with E-state index in [4.69, 9.17) is 4.74 Å². The molecule has 4 heteroatoms. The molecule has 0 bridgehead atoms. The Morgan fingerprint density at radius 2 is 2.25 bits per heavy atom. The molecule has 0 amide bonds. The number of hydrogen-bond donors (Lipinski definition) is 1. The van der Waals surface area contributed by atoms with Crippen LogP contribution in [0.5, 0.6) is 0 Å². The van der Waals surface area contributed by atoms with E-state index in [1.807, 2.05) is 12.1 Å². The van der Waals surface area contributed by atoms with E-state index >= 15 is 0 Å². The summed E-state index contributed by atoms with van der Waals surface area (Å²) in [5.41, 5.74) is 0. The molecule has 0 aliphatic rings. The summed E-state index contributed by atoms with van der Waals surface area (Å²) in [6.07, 6.45) is 1.14. The van der Waals surface area contributed by atoms with Gasteiger partial charge in [0.05, 0.1) is 12.7 Å². The molecule has 0 aromatic carbocycles. The first-order valence-corrected chi connectivity index (χ1v) is 6.41. The molecule has 1 unspecified atom stereocenters. The molecule has 0 spiro atoms. The zero-order valence-corrected chi connectivity index (χ0v) is 10.5. The van der Waals surface area contributed by atoms with Gasteiger partial charge in [-0.25, -0.2) is 0 Å². The van der Waals surface area contributed by atoms with Gasteiger partial charge >= 0.3 is 5.97 Å². The average Bonchev–Trinajstić information content (AvgIpc) is 2.75. The number of carbonyl (C=O) groups excluding carboxylic acids is 1. The van der Waals surface area contributed by atoms with Crippen molar-refractivity contribution in [3.63, 3.8) is 0 Å². The molecule has 0 fully saturated rings. The molecule has 1 atom stereocenters. The fraction of sp³-hybridized carbons (Fsp3) is 0.583. The summed E-state index contributed by atoms with van der Waals surface area (Å²) in [6, 6.07) is 3.95. The molecule has 0 saturated heterocycles. The molecular formula is C12H18O3S. The second kappa shape index (κ2) is 6.66. The highest BCUT2D eigenvalue weighted by molar-refractivity contribution is 7.12.